The number of hydrogen-bond donors (Lipinski definition) is 2. The fourth-order valence-corrected chi connectivity index (χ4v) is 2.45. The number of aromatic amines is 1. The van der Waals surface area contributed by atoms with Gasteiger partial charge < -0.3 is 15.0 Å². The first kappa shape index (κ1) is 11.7. The molecule has 2 N–H and O–H groups in total. The van der Waals surface area contributed by atoms with Gasteiger partial charge in [0.15, 0.2) is 0 Å². The Bertz CT molecular complexity index is 378. The quantitative estimate of drug-likeness (QED) is 0.871. The van der Waals surface area contributed by atoms with Gasteiger partial charge in [-0.25, -0.2) is 0 Å². The van der Waals surface area contributed by atoms with Crippen molar-refractivity contribution < 1.29 is 9.90 Å². The molecule has 1 amide bonds. The van der Waals surface area contributed by atoms with Crippen LogP contribution in [-0.4, -0.2) is 40.1 Å². The van der Waals surface area contributed by atoms with Gasteiger partial charge in [-0.15, -0.1) is 0 Å². The maximum Gasteiger partial charge on any atom is 0.270 e. The molecule has 0 spiro atoms. The minimum Gasteiger partial charge on any atom is -0.394 e. The number of halogens is 1. The molecule has 1 aromatic rings. The van der Waals surface area contributed by atoms with Gasteiger partial charge in [0.2, 0.25) is 0 Å². The molecule has 0 radical (unpaired) electrons. The Kier molecular flexibility index (Phi) is 3.66. The van der Waals surface area contributed by atoms with Crippen molar-refractivity contribution in [1.29, 1.82) is 0 Å². The van der Waals surface area contributed by atoms with Crippen LogP contribution in [0.4, 0.5) is 0 Å². The summed E-state index contributed by atoms with van der Waals surface area (Å²) in [6.07, 6.45) is 4.74. The minimum absolute atomic E-state index is 0.0237. The third-order valence-electron chi connectivity index (χ3n) is 2.98. The van der Waals surface area contributed by atoms with Crippen LogP contribution in [0.25, 0.3) is 0 Å². The number of aromatic nitrogens is 1. The summed E-state index contributed by atoms with van der Waals surface area (Å²) in [5, 5.41) is 9.25. The number of aliphatic hydroxyl groups is 1. The number of H-pyrrole nitrogens is 1. The van der Waals surface area contributed by atoms with Crippen LogP contribution in [0.1, 0.15) is 29.8 Å². The fraction of sp³-hybridized carbons (Fsp3) is 0.545. The first-order chi connectivity index (χ1) is 7.72. The van der Waals surface area contributed by atoms with Crippen LogP contribution in [0.5, 0.6) is 0 Å². The first-order valence-electron chi connectivity index (χ1n) is 5.48. The molecule has 1 saturated heterocycles. The van der Waals surface area contributed by atoms with Crippen molar-refractivity contribution in [3.05, 3.63) is 22.4 Å². The van der Waals surface area contributed by atoms with Crippen LogP contribution in [0, 0.1) is 0 Å². The molecule has 5 heteroatoms. The minimum atomic E-state index is -0.0247. The maximum absolute atomic E-state index is 12.1. The standard InChI is InChI=1S/C11H15BrN2O2/c12-8-5-10(13-6-8)11(16)14-4-2-1-3-9(14)7-15/h5-6,9,13,15H,1-4,7H2. The van der Waals surface area contributed by atoms with E-state index in [0.717, 1.165) is 30.3 Å². The molecular formula is C11H15BrN2O2. The number of amides is 1. The average Bonchev–Trinajstić information content (AvgIpc) is 2.75. The Morgan fingerprint density at radius 2 is 2.44 bits per heavy atom. The molecule has 0 aliphatic carbocycles. The Labute approximate surface area is 103 Å². The molecule has 1 aliphatic heterocycles. The van der Waals surface area contributed by atoms with E-state index in [0.29, 0.717) is 5.69 Å². The lowest BCUT2D eigenvalue weighted by Crippen LogP contribution is -2.45. The van der Waals surface area contributed by atoms with Gasteiger partial charge in [0.25, 0.3) is 5.91 Å². The van der Waals surface area contributed by atoms with Crippen molar-refractivity contribution >= 4 is 21.8 Å². The molecule has 1 aliphatic rings. The smallest absolute Gasteiger partial charge is 0.270 e. The zero-order valence-corrected chi connectivity index (χ0v) is 10.5. The van der Waals surface area contributed by atoms with Crippen LogP contribution in [0.2, 0.25) is 0 Å². The highest BCUT2D eigenvalue weighted by Gasteiger charge is 2.27. The molecular weight excluding hydrogens is 272 g/mol. The number of nitrogens with zero attached hydrogens (tertiary/aromatic N) is 1. The Morgan fingerprint density at radius 1 is 1.62 bits per heavy atom. The zero-order valence-electron chi connectivity index (χ0n) is 8.95. The second-order valence-corrected chi connectivity index (χ2v) is 4.98. The maximum atomic E-state index is 12.1. The monoisotopic (exact) mass is 286 g/mol. The first-order valence-corrected chi connectivity index (χ1v) is 6.27. The second-order valence-electron chi connectivity index (χ2n) is 4.06. The molecule has 1 aromatic heterocycles. The molecule has 2 rings (SSSR count). The number of nitrogens with one attached hydrogen (secondary N) is 1. The van der Waals surface area contributed by atoms with E-state index < -0.39 is 0 Å². The number of piperidine rings is 1. The zero-order chi connectivity index (χ0) is 11.5. The molecule has 2 heterocycles. The van der Waals surface area contributed by atoms with Gasteiger partial charge in [-0.2, -0.15) is 0 Å². The second kappa shape index (κ2) is 5.01. The highest BCUT2D eigenvalue weighted by atomic mass is 79.9. The predicted molar refractivity (Wildman–Crippen MR) is 64.3 cm³/mol. The Balaban J connectivity index is 2.13. The molecule has 1 fully saturated rings. The number of rotatable bonds is 2. The van der Waals surface area contributed by atoms with E-state index in [1.54, 1.807) is 17.2 Å². The summed E-state index contributed by atoms with van der Waals surface area (Å²) >= 11 is 3.31. The third-order valence-corrected chi connectivity index (χ3v) is 3.43. The van der Waals surface area contributed by atoms with E-state index in [1.165, 1.54) is 0 Å². The van der Waals surface area contributed by atoms with Gasteiger partial charge in [-0.3, -0.25) is 4.79 Å². The summed E-state index contributed by atoms with van der Waals surface area (Å²) in [5.41, 5.74) is 0.576. The van der Waals surface area contributed by atoms with Crippen molar-refractivity contribution in [2.45, 2.75) is 25.3 Å². The lowest BCUT2D eigenvalue weighted by molar-refractivity contribution is 0.0498. The molecule has 0 saturated carbocycles. The summed E-state index contributed by atoms with van der Waals surface area (Å²) in [4.78, 5) is 16.8. The summed E-state index contributed by atoms with van der Waals surface area (Å²) in [7, 11) is 0. The van der Waals surface area contributed by atoms with Gasteiger partial charge in [0, 0.05) is 17.2 Å². The molecule has 0 aromatic carbocycles. The van der Waals surface area contributed by atoms with Crippen molar-refractivity contribution in [2.75, 3.05) is 13.2 Å². The largest absolute Gasteiger partial charge is 0.394 e. The summed E-state index contributed by atoms with van der Waals surface area (Å²) in [5.74, 6) is -0.0237. The topological polar surface area (TPSA) is 56.3 Å². The number of carbonyl (C=O) groups is 1. The highest BCUT2D eigenvalue weighted by molar-refractivity contribution is 9.10. The van der Waals surface area contributed by atoms with E-state index in [2.05, 4.69) is 20.9 Å². The van der Waals surface area contributed by atoms with Gasteiger partial charge >= 0.3 is 0 Å². The summed E-state index contributed by atoms with van der Waals surface area (Å²) in [6.45, 7) is 0.786. The van der Waals surface area contributed by atoms with Gasteiger partial charge in [0.05, 0.1) is 12.6 Å². The summed E-state index contributed by atoms with van der Waals surface area (Å²) in [6, 6.07) is 1.74. The molecule has 1 unspecified atom stereocenters. The molecule has 16 heavy (non-hydrogen) atoms. The van der Waals surface area contributed by atoms with Crippen molar-refractivity contribution in [2.24, 2.45) is 0 Å². The van der Waals surface area contributed by atoms with Gasteiger partial charge in [-0.1, -0.05) is 0 Å². The molecule has 0 bridgehead atoms. The molecule has 1 atom stereocenters. The highest BCUT2D eigenvalue weighted by Crippen LogP contribution is 2.20. The number of hydrogen-bond acceptors (Lipinski definition) is 2. The van der Waals surface area contributed by atoms with E-state index >= 15 is 0 Å². The average molecular weight is 287 g/mol. The van der Waals surface area contributed by atoms with Crippen LogP contribution >= 0.6 is 15.9 Å². The van der Waals surface area contributed by atoms with Gasteiger partial charge in [0.1, 0.15) is 5.69 Å². The van der Waals surface area contributed by atoms with Crippen molar-refractivity contribution in [3.8, 4) is 0 Å². The van der Waals surface area contributed by atoms with Crippen molar-refractivity contribution in [3.63, 3.8) is 0 Å². The number of likely N-dealkylation sites (tertiary alicyclic amines) is 1. The Hall–Kier alpha value is -0.810. The SMILES string of the molecule is O=C(c1cc(Br)c[nH]1)N1CCCCC1CO. The number of carbonyl (C=O) groups excluding carboxylic acids is 1. The predicted octanol–water partition coefficient (Wildman–Crippen LogP) is 1.76. The fourth-order valence-electron chi connectivity index (χ4n) is 2.10. The van der Waals surface area contributed by atoms with E-state index in [-0.39, 0.29) is 18.6 Å². The molecule has 4 nitrogen and oxygen atoms in total. The normalized spacial score (nSPS) is 21.1. The van der Waals surface area contributed by atoms with Crippen LogP contribution in [-0.2, 0) is 0 Å². The van der Waals surface area contributed by atoms with Crippen molar-refractivity contribution in [1.82, 2.24) is 9.88 Å². The lowest BCUT2D eigenvalue weighted by Gasteiger charge is -2.34. The van der Waals surface area contributed by atoms with Crippen LogP contribution < -0.4 is 0 Å². The van der Waals surface area contributed by atoms with E-state index in [9.17, 15) is 9.90 Å². The third kappa shape index (κ3) is 2.30. The van der Waals surface area contributed by atoms with Crippen LogP contribution in [0.3, 0.4) is 0 Å². The van der Waals surface area contributed by atoms with Gasteiger partial charge in [-0.05, 0) is 41.3 Å². The summed E-state index contributed by atoms with van der Waals surface area (Å²) < 4.78 is 0.869. The van der Waals surface area contributed by atoms with E-state index in [1.807, 2.05) is 0 Å². The lowest BCUT2D eigenvalue weighted by atomic mass is 10.0. The van der Waals surface area contributed by atoms with E-state index in [4.69, 9.17) is 0 Å². The Morgan fingerprint density at radius 3 is 3.06 bits per heavy atom. The van der Waals surface area contributed by atoms with Crippen LogP contribution in [0.15, 0.2) is 16.7 Å². The molecule has 88 valence electrons. The number of aliphatic hydroxyl groups excluding tert-OH is 1.